The van der Waals surface area contributed by atoms with Crippen molar-refractivity contribution in [2.45, 2.75) is 18.9 Å². The predicted octanol–water partition coefficient (Wildman–Crippen LogP) is 1.70. The van der Waals surface area contributed by atoms with Crippen molar-refractivity contribution in [1.29, 1.82) is 0 Å². The number of aromatic hydroxyl groups is 1. The maximum atomic E-state index is 11.6. The van der Waals surface area contributed by atoms with Crippen LogP contribution in [0.25, 0.3) is 6.08 Å². The van der Waals surface area contributed by atoms with Gasteiger partial charge < -0.3 is 20.9 Å². The van der Waals surface area contributed by atoms with Crippen LogP contribution in [0.4, 0.5) is 5.69 Å². The van der Waals surface area contributed by atoms with E-state index >= 15 is 0 Å². The van der Waals surface area contributed by atoms with Gasteiger partial charge >= 0.3 is 0 Å². The molecule has 5 nitrogen and oxygen atoms in total. The van der Waals surface area contributed by atoms with E-state index in [1.807, 2.05) is 0 Å². The summed E-state index contributed by atoms with van der Waals surface area (Å²) in [6.45, 7) is 1.29. The Hall–Kier alpha value is -1.72. The van der Waals surface area contributed by atoms with Gasteiger partial charge in [-0.25, -0.2) is 0 Å². The van der Waals surface area contributed by atoms with Crippen LogP contribution < -0.4 is 11.1 Å². The molecule has 1 unspecified atom stereocenters. The zero-order valence-electron chi connectivity index (χ0n) is 11.0. The highest BCUT2D eigenvalue weighted by Gasteiger charge is 2.15. The van der Waals surface area contributed by atoms with E-state index in [1.54, 1.807) is 12.1 Å². The number of phenolic OH excluding ortho intramolecular Hbond substituents is 1. The van der Waals surface area contributed by atoms with Crippen LogP contribution in [0, 0.1) is 0 Å². The van der Waals surface area contributed by atoms with Crippen LogP contribution in [-0.2, 0) is 9.53 Å². The number of nitrogen functional groups attached to an aromatic ring is 1. The minimum Gasteiger partial charge on any atom is -0.507 e. The number of carbonyl (C=O) groups excluding carboxylic acids is 1. The SMILES string of the molecule is Cl.Nc1ccc(O)c(/C=C/C(=O)NCC2CCCO2)c1. The number of nitrogens with one attached hydrogen (secondary N) is 1. The van der Waals surface area contributed by atoms with Crippen molar-refractivity contribution in [3.63, 3.8) is 0 Å². The largest absolute Gasteiger partial charge is 0.507 e. The molecule has 1 aromatic carbocycles. The summed E-state index contributed by atoms with van der Waals surface area (Å²) in [6, 6.07) is 4.71. The topological polar surface area (TPSA) is 84.6 Å². The van der Waals surface area contributed by atoms with Crippen molar-refractivity contribution in [2.75, 3.05) is 18.9 Å². The number of nitrogens with two attached hydrogens (primary N) is 1. The van der Waals surface area contributed by atoms with Gasteiger partial charge in [-0.2, -0.15) is 0 Å². The average molecular weight is 299 g/mol. The molecule has 0 aromatic heterocycles. The van der Waals surface area contributed by atoms with Crippen LogP contribution in [0.15, 0.2) is 24.3 Å². The lowest BCUT2D eigenvalue weighted by molar-refractivity contribution is -0.116. The van der Waals surface area contributed by atoms with Crippen molar-refractivity contribution in [3.8, 4) is 5.75 Å². The zero-order valence-corrected chi connectivity index (χ0v) is 11.9. The highest BCUT2D eigenvalue weighted by atomic mass is 35.5. The van der Waals surface area contributed by atoms with Gasteiger partial charge in [-0.15, -0.1) is 12.4 Å². The quantitative estimate of drug-likeness (QED) is 0.449. The van der Waals surface area contributed by atoms with E-state index in [4.69, 9.17) is 10.5 Å². The van der Waals surface area contributed by atoms with Gasteiger partial charge in [-0.1, -0.05) is 0 Å². The van der Waals surface area contributed by atoms with Crippen molar-refractivity contribution >= 4 is 30.1 Å². The summed E-state index contributed by atoms with van der Waals surface area (Å²) in [6.07, 6.45) is 5.08. The molecular weight excluding hydrogens is 280 g/mol. The van der Waals surface area contributed by atoms with E-state index in [2.05, 4.69) is 5.32 Å². The van der Waals surface area contributed by atoms with Gasteiger partial charge in [0.25, 0.3) is 0 Å². The zero-order chi connectivity index (χ0) is 13.7. The van der Waals surface area contributed by atoms with Crippen LogP contribution in [0.1, 0.15) is 18.4 Å². The number of amides is 1. The highest BCUT2D eigenvalue weighted by Crippen LogP contribution is 2.20. The van der Waals surface area contributed by atoms with Crippen LogP contribution in [-0.4, -0.2) is 30.3 Å². The third-order valence-corrected chi connectivity index (χ3v) is 2.99. The van der Waals surface area contributed by atoms with E-state index in [-0.39, 0.29) is 30.2 Å². The lowest BCUT2D eigenvalue weighted by Gasteiger charge is -2.08. The van der Waals surface area contributed by atoms with Crippen molar-refractivity contribution in [2.24, 2.45) is 0 Å². The van der Waals surface area contributed by atoms with Crippen molar-refractivity contribution in [3.05, 3.63) is 29.8 Å². The van der Waals surface area contributed by atoms with Crippen LogP contribution in [0.3, 0.4) is 0 Å². The first kappa shape index (κ1) is 16.3. The van der Waals surface area contributed by atoms with Crippen LogP contribution >= 0.6 is 12.4 Å². The number of rotatable bonds is 4. The first-order chi connectivity index (χ1) is 9.15. The summed E-state index contributed by atoms with van der Waals surface area (Å²) in [7, 11) is 0. The molecule has 110 valence electrons. The fraction of sp³-hybridized carbons (Fsp3) is 0.357. The molecule has 1 amide bonds. The van der Waals surface area contributed by atoms with Gasteiger partial charge in [0.05, 0.1) is 6.10 Å². The fourth-order valence-corrected chi connectivity index (χ4v) is 1.95. The number of benzene rings is 1. The Morgan fingerprint density at radius 2 is 2.35 bits per heavy atom. The number of hydrogen-bond acceptors (Lipinski definition) is 4. The molecule has 20 heavy (non-hydrogen) atoms. The number of carbonyl (C=O) groups is 1. The monoisotopic (exact) mass is 298 g/mol. The summed E-state index contributed by atoms with van der Waals surface area (Å²) in [5, 5.41) is 12.4. The molecule has 0 aliphatic carbocycles. The van der Waals surface area contributed by atoms with E-state index in [0.29, 0.717) is 17.8 Å². The number of hydrogen-bond donors (Lipinski definition) is 3. The number of ether oxygens (including phenoxy) is 1. The molecule has 1 atom stereocenters. The molecular formula is C14H19ClN2O3. The predicted molar refractivity (Wildman–Crippen MR) is 80.8 cm³/mol. The van der Waals surface area contributed by atoms with Gasteiger partial charge in [-0.05, 0) is 37.1 Å². The van der Waals surface area contributed by atoms with E-state index < -0.39 is 0 Å². The molecule has 1 saturated heterocycles. The Kier molecular flexibility index (Phi) is 6.35. The third-order valence-electron chi connectivity index (χ3n) is 2.99. The number of anilines is 1. The lowest BCUT2D eigenvalue weighted by Crippen LogP contribution is -2.30. The summed E-state index contributed by atoms with van der Waals surface area (Å²) in [4.78, 5) is 11.6. The molecule has 1 aliphatic rings. The molecule has 1 aromatic rings. The maximum absolute atomic E-state index is 11.6. The van der Waals surface area contributed by atoms with E-state index in [1.165, 1.54) is 18.2 Å². The third kappa shape index (κ3) is 4.75. The lowest BCUT2D eigenvalue weighted by atomic mass is 10.1. The first-order valence-corrected chi connectivity index (χ1v) is 6.31. The normalized spacial score (nSPS) is 17.9. The summed E-state index contributed by atoms with van der Waals surface area (Å²) >= 11 is 0. The van der Waals surface area contributed by atoms with Gasteiger partial charge in [0, 0.05) is 30.5 Å². The van der Waals surface area contributed by atoms with Crippen molar-refractivity contribution < 1.29 is 14.6 Å². The molecule has 2 rings (SSSR count). The molecule has 1 fully saturated rings. The molecule has 0 bridgehead atoms. The smallest absolute Gasteiger partial charge is 0.244 e. The second-order valence-corrected chi connectivity index (χ2v) is 4.53. The Balaban J connectivity index is 0.00000200. The molecule has 4 N–H and O–H groups in total. The number of phenols is 1. The van der Waals surface area contributed by atoms with Gasteiger partial charge in [0.1, 0.15) is 5.75 Å². The fourth-order valence-electron chi connectivity index (χ4n) is 1.95. The summed E-state index contributed by atoms with van der Waals surface area (Å²) < 4.78 is 5.41. The molecule has 0 radical (unpaired) electrons. The number of halogens is 1. The van der Waals surface area contributed by atoms with Crippen LogP contribution in [0.5, 0.6) is 5.75 Å². The molecule has 1 heterocycles. The van der Waals surface area contributed by atoms with E-state index in [9.17, 15) is 9.90 Å². The minimum atomic E-state index is -0.211. The molecule has 1 aliphatic heterocycles. The van der Waals surface area contributed by atoms with Gasteiger partial charge in [-0.3, -0.25) is 4.79 Å². The standard InChI is InChI=1S/C14H18N2O3.ClH/c15-11-4-5-13(17)10(8-11)3-6-14(18)16-9-12-2-1-7-19-12;/h3-6,8,12,17H,1-2,7,9,15H2,(H,16,18);1H/b6-3+;. The molecule has 0 saturated carbocycles. The Morgan fingerprint density at radius 1 is 1.55 bits per heavy atom. The Morgan fingerprint density at radius 3 is 3.05 bits per heavy atom. The molecule has 6 heteroatoms. The summed E-state index contributed by atoms with van der Waals surface area (Å²) in [5.41, 5.74) is 6.67. The van der Waals surface area contributed by atoms with Gasteiger partial charge in [0.2, 0.25) is 5.91 Å². The first-order valence-electron chi connectivity index (χ1n) is 6.31. The maximum Gasteiger partial charge on any atom is 0.244 e. The highest BCUT2D eigenvalue weighted by molar-refractivity contribution is 5.92. The van der Waals surface area contributed by atoms with Crippen LogP contribution in [0.2, 0.25) is 0 Å². The minimum absolute atomic E-state index is 0. The van der Waals surface area contributed by atoms with E-state index in [0.717, 1.165) is 19.4 Å². The van der Waals surface area contributed by atoms with Gasteiger partial charge in [0.15, 0.2) is 0 Å². The van der Waals surface area contributed by atoms with Crippen molar-refractivity contribution in [1.82, 2.24) is 5.32 Å². The second-order valence-electron chi connectivity index (χ2n) is 4.53. The second kappa shape index (κ2) is 7.77. The Bertz CT molecular complexity index is 485. The molecule has 0 spiro atoms. The summed E-state index contributed by atoms with van der Waals surface area (Å²) in [5.74, 6) is -0.116. The average Bonchev–Trinajstić information content (AvgIpc) is 2.90. The Labute approximate surface area is 124 Å².